The SMILES string of the molecule is c1cc2[nH]ncc2cc1NC(C1CC1)C1CC1. The minimum atomic E-state index is 0.722. The summed E-state index contributed by atoms with van der Waals surface area (Å²) in [6.07, 6.45) is 7.57. The molecule has 0 amide bonds. The third-order valence-corrected chi connectivity index (χ3v) is 4.03. The first-order valence-electron chi connectivity index (χ1n) is 6.60. The Labute approximate surface area is 101 Å². The highest BCUT2D eigenvalue weighted by atomic mass is 15.1. The molecule has 3 nitrogen and oxygen atoms in total. The maximum atomic E-state index is 4.06. The maximum Gasteiger partial charge on any atom is 0.0651 e. The Balaban J connectivity index is 1.59. The lowest BCUT2D eigenvalue weighted by molar-refractivity contribution is 0.568. The van der Waals surface area contributed by atoms with Crippen molar-refractivity contribution in [1.82, 2.24) is 10.2 Å². The predicted molar refractivity (Wildman–Crippen MR) is 69.0 cm³/mol. The number of rotatable bonds is 4. The Kier molecular flexibility index (Phi) is 1.95. The third-order valence-electron chi connectivity index (χ3n) is 4.03. The van der Waals surface area contributed by atoms with Gasteiger partial charge in [0.2, 0.25) is 0 Å². The van der Waals surface area contributed by atoms with Gasteiger partial charge >= 0.3 is 0 Å². The van der Waals surface area contributed by atoms with E-state index in [9.17, 15) is 0 Å². The number of benzene rings is 1. The molecule has 2 N–H and O–H groups in total. The second-order valence-corrected chi connectivity index (χ2v) is 5.52. The number of hydrogen-bond acceptors (Lipinski definition) is 2. The zero-order valence-corrected chi connectivity index (χ0v) is 9.82. The number of nitrogens with zero attached hydrogens (tertiary/aromatic N) is 1. The molecular formula is C14H17N3. The molecule has 2 aliphatic carbocycles. The Hall–Kier alpha value is -1.51. The summed E-state index contributed by atoms with van der Waals surface area (Å²) in [4.78, 5) is 0. The average Bonchev–Trinajstić information content (AvgIpc) is 3.24. The summed E-state index contributed by atoms with van der Waals surface area (Å²) in [6.45, 7) is 0. The van der Waals surface area contributed by atoms with E-state index in [1.807, 2.05) is 6.20 Å². The van der Waals surface area contributed by atoms with Crippen LogP contribution < -0.4 is 5.32 Å². The number of hydrogen-bond donors (Lipinski definition) is 2. The molecule has 2 saturated carbocycles. The standard InChI is InChI=1S/C14H17N3/c1-2-9(1)14(10-3-4-10)16-12-5-6-13-11(7-12)8-15-17-13/h5-10,14,16H,1-4H2,(H,15,17). The second-order valence-electron chi connectivity index (χ2n) is 5.52. The summed E-state index contributed by atoms with van der Waals surface area (Å²) in [5, 5.41) is 12.0. The Morgan fingerprint density at radius 3 is 2.65 bits per heavy atom. The third kappa shape index (κ3) is 1.79. The van der Waals surface area contributed by atoms with E-state index in [-0.39, 0.29) is 0 Å². The van der Waals surface area contributed by atoms with Crippen LogP contribution in [0.1, 0.15) is 25.7 Å². The molecule has 3 heteroatoms. The van der Waals surface area contributed by atoms with Crippen molar-refractivity contribution < 1.29 is 0 Å². The lowest BCUT2D eigenvalue weighted by atomic mass is 10.1. The zero-order chi connectivity index (χ0) is 11.2. The fourth-order valence-corrected chi connectivity index (χ4v) is 2.76. The molecule has 1 aromatic carbocycles. The summed E-state index contributed by atoms with van der Waals surface area (Å²) in [7, 11) is 0. The molecule has 0 bridgehead atoms. The van der Waals surface area contributed by atoms with Crippen LogP contribution in [0.4, 0.5) is 5.69 Å². The fourth-order valence-electron chi connectivity index (χ4n) is 2.76. The lowest BCUT2D eigenvalue weighted by Gasteiger charge is -2.19. The minimum Gasteiger partial charge on any atom is -0.382 e. The van der Waals surface area contributed by atoms with Crippen molar-refractivity contribution in [3.8, 4) is 0 Å². The molecule has 4 rings (SSSR count). The summed E-state index contributed by atoms with van der Waals surface area (Å²) in [5.74, 6) is 1.87. The van der Waals surface area contributed by atoms with E-state index in [1.54, 1.807) is 0 Å². The molecule has 17 heavy (non-hydrogen) atoms. The van der Waals surface area contributed by atoms with Gasteiger partial charge < -0.3 is 5.32 Å². The van der Waals surface area contributed by atoms with Crippen molar-refractivity contribution >= 4 is 16.6 Å². The molecule has 2 aromatic rings. The van der Waals surface area contributed by atoms with Gasteiger partial charge in [0, 0.05) is 17.1 Å². The first-order valence-corrected chi connectivity index (χ1v) is 6.60. The molecular weight excluding hydrogens is 210 g/mol. The number of aromatic amines is 1. The summed E-state index contributed by atoms with van der Waals surface area (Å²) in [5.41, 5.74) is 2.37. The van der Waals surface area contributed by atoms with Crippen LogP contribution in [0.5, 0.6) is 0 Å². The van der Waals surface area contributed by atoms with Crippen molar-refractivity contribution in [2.45, 2.75) is 31.7 Å². The van der Waals surface area contributed by atoms with Crippen molar-refractivity contribution in [2.24, 2.45) is 11.8 Å². The molecule has 0 atom stereocenters. The molecule has 0 radical (unpaired) electrons. The monoisotopic (exact) mass is 227 g/mol. The molecule has 1 aromatic heterocycles. The van der Waals surface area contributed by atoms with E-state index in [2.05, 4.69) is 33.7 Å². The van der Waals surface area contributed by atoms with Crippen LogP contribution in [0.25, 0.3) is 10.9 Å². The quantitative estimate of drug-likeness (QED) is 0.842. The topological polar surface area (TPSA) is 40.7 Å². The van der Waals surface area contributed by atoms with Crippen LogP contribution in [0.2, 0.25) is 0 Å². The van der Waals surface area contributed by atoms with Gasteiger partial charge in [-0.25, -0.2) is 0 Å². The predicted octanol–water partition coefficient (Wildman–Crippen LogP) is 3.16. The van der Waals surface area contributed by atoms with E-state index < -0.39 is 0 Å². The van der Waals surface area contributed by atoms with Crippen LogP contribution in [-0.4, -0.2) is 16.2 Å². The highest BCUT2D eigenvalue weighted by Crippen LogP contribution is 2.45. The van der Waals surface area contributed by atoms with Crippen molar-refractivity contribution in [3.05, 3.63) is 24.4 Å². The number of nitrogens with one attached hydrogen (secondary N) is 2. The fraction of sp³-hybridized carbons (Fsp3) is 0.500. The van der Waals surface area contributed by atoms with Crippen molar-refractivity contribution in [3.63, 3.8) is 0 Å². The first-order chi connectivity index (χ1) is 8.40. The van der Waals surface area contributed by atoms with Gasteiger partial charge in [-0.05, 0) is 55.7 Å². The number of aromatic nitrogens is 2. The largest absolute Gasteiger partial charge is 0.382 e. The molecule has 0 aliphatic heterocycles. The number of anilines is 1. The van der Waals surface area contributed by atoms with Gasteiger partial charge in [0.15, 0.2) is 0 Å². The van der Waals surface area contributed by atoms with E-state index in [0.717, 1.165) is 23.4 Å². The van der Waals surface area contributed by atoms with Crippen LogP contribution in [0.15, 0.2) is 24.4 Å². The van der Waals surface area contributed by atoms with Gasteiger partial charge in [-0.3, -0.25) is 5.10 Å². The number of fused-ring (bicyclic) bond motifs is 1. The van der Waals surface area contributed by atoms with Gasteiger partial charge in [-0.15, -0.1) is 0 Å². The van der Waals surface area contributed by atoms with Crippen LogP contribution in [-0.2, 0) is 0 Å². The summed E-state index contributed by atoms with van der Waals surface area (Å²) >= 11 is 0. The molecule has 0 spiro atoms. The first kappa shape index (κ1) is 9.51. The molecule has 1 heterocycles. The average molecular weight is 227 g/mol. The van der Waals surface area contributed by atoms with Gasteiger partial charge in [0.25, 0.3) is 0 Å². The highest BCUT2D eigenvalue weighted by molar-refractivity contribution is 5.81. The van der Waals surface area contributed by atoms with E-state index >= 15 is 0 Å². The Morgan fingerprint density at radius 2 is 1.94 bits per heavy atom. The van der Waals surface area contributed by atoms with E-state index in [0.29, 0.717) is 0 Å². The molecule has 2 fully saturated rings. The summed E-state index contributed by atoms with van der Waals surface area (Å²) < 4.78 is 0. The highest BCUT2D eigenvalue weighted by Gasteiger charge is 2.41. The molecule has 2 aliphatic rings. The molecule has 0 unspecified atom stereocenters. The minimum absolute atomic E-state index is 0.722. The van der Waals surface area contributed by atoms with Crippen molar-refractivity contribution in [2.75, 3.05) is 5.32 Å². The van der Waals surface area contributed by atoms with Gasteiger partial charge in [0.1, 0.15) is 0 Å². The number of H-pyrrole nitrogens is 1. The van der Waals surface area contributed by atoms with Gasteiger partial charge in [0.05, 0.1) is 11.7 Å². The Bertz CT molecular complexity index is 525. The smallest absolute Gasteiger partial charge is 0.0651 e. The second kappa shape index (κ2) is 3.49. The van der Waals surface area contributed by atoms with Crippen molar-refractivity contribution in [1.29, 1.82) is 0 Å². The van der Waals surface area contributed by atoms with Gasteiger partial charge in [-0.2, -0.15) is 5.10 Å². The zero-order valence-electron chi connectivity index (χ0n) is 9.82. The van der Waals surface area contributed by atoms with Crippen LogP contribution in [0, 0.1) is 11.8 Å². The van der Waals surface area contributed by atoms with Crippen LogP contribution in [0.3, 0.4) is 0 Å². The molecule has 0 saturated heterocycles. The van der Waals surface area contributed by atoms with Crippen LogP contribution >= 0.6 is 0 Å². The Morgan fingerprint density at radius 1 is 1.18 bits per heavy atom. The molecule has 88 valence electrons. The maximum absolute atomic E-state index is 4.06. The van der Waals surface area contributed by atoms with E-state index in [4.69, 9.17) is 0 Å². The van der Waals surface area contributed by atoms with E-state index in [1.165, 1.54) is 36.8 Å². The van der Waals surface area contributed by atoms with Gasteiger partial charge in [-0.1, -0.05) is 0 Å². The normalized spacial score (nSPS) is 20.1. The lowest BCUT2D eigenvalue weighted by Crippen LogP contribution is -2.24. The summed E-state index contributed by atoms with van der Waals surface area (Å²) in [6, 6.07) is 7.20.